The lowest BCUT2D eigenvalue weighted by Crippen LogP contribution is -2.19. The van der Waals surface area contributed by atoms with Gasteiger partial charge in [0.2, 0.25) is 5.89 Å². The SMILES string of the molecule is CCCNC(C)c1nnc(NCc2ccc(Cl)cc2)o1. The second kappa shape index (κ2) is 7.26. The van der Waals surface area contributed by atoms with Gasteiger partial charge in [0.1, 0.15) is 0 Å². The van der Waals surface area contributed by atoms with Gasteiger partial charge in [0, 0.05) is 11.6 Å². The second-order valence-corrected chi connectivity index (χ2v) is 5.04. The van der Waals surface area contributed by atoms with E-state index in [-0.39, 0.29) is 6.04 Å². The van der Waals surface area contributed by atoms with Crippen LogP contribution in [0.2, 0.25) is 5.02 Å². The number of nitrogens with one attached hydrogen (secondary N) is 2. The molecule has 0 spiro atoms. The summed E-state index contributed by atoms with van der Waals surface area (Å²) in [6, 6.07) is 8.12. The Labute approximate surface area is 123 Å². The molecule has 1 aromatic heterocycles. The summed E-state index contributed by atoms with van der Waals surface area (Å²) in [5.41, 5.74) is 1.10. The summed E-state index contributed by atoms with van der Waals surface area (Å²) in [5, 5.41) is 15.1. The molecule has 0 saturated carbocycles. The highest BCUT2D eigenvalue weighted by molar-refractivity contribution is 6.30. The van der Waals surface area contributed by atoms with Crippen LogP contribution in [0, 0.1) is 0 Å². The first-order valence-corrected chi connectivity index (χ1v) is 7.12. The lowest BCUT2D eigenvalue weighted by Gasteiger charge is -2.07. The van der Waals surface area contributed by atoms with Crippen LogP contribution < -0.4 is 10.6 Å². The fourth-order valence-electron chi connectivity index (χ4n) is 1.71. The topological polar surface area (TPSA) is 63.0 Å². The van der Waals surface area contributed by atoms with E-state index in [2.05, 4.69) is 27.8 Å². The predicted octanol–water partition coefficient (Wildman–Crippen LogP) is 3.40. The molecule has 1 unspecified atom stereocenters. The van der Waals surface area contributed by atoms with Gasteiger partial charge in [0.15, 0.2) is 0 Å². The van der Waals surface area contributed by atoms with Crippen molar-refractivity contribution < 1.29 is 4.42 Å². The molecule has 6 heteroatoms. The first-order chi connectivity index (χ1) is 9.69. The molecule has 0 aliphatic rings. The van der Waals surface area contributed by atoms with Crippen molar-refractivity contribution >= 4 is 17.6 Å². The molecule has 0 aliphatic carbocycles. The van der Waals surface area contributed by atoms with Crippen molar-refractivity contribution in [1.29, 1.82) is 0 Å². The largest absolute Gasteiger partial charge is 0.406 e. The van der Waals surface area contributed by atoms with Crippen molar-refractivity contribution in [3.63, 3.8) is 0 Å². The van der Waals surface area contributed by atoms with Crippen LogP contribution in [0.4, 0.5) is 6.01 Å². The third kappa shape index (κ3) is 4.21. The summed E-state index contributed by atoms with van der Waals surface area (Å²) < 4.78 is 5.57. The molecule has 0 fully saturated rings. The smallest absolute Gasteiger partial charge is 0.315 e. The van der Waals surface area contributed by atoms with E-state index in [0.29, 0.717) is 18.5 Å². The van der Waals surface area contributed by atoms with Crippen LogP contribution in [0.5, 0.6) is 0 Å². The minimum atomic E-state index is 0.0635. The lowest BCUT2D eigenvalue weighted by atomic mass is 10.2. The van der Waals surface area contributed by atoms with Crippen molar-refractivity contribution in [3.05, 3.63) is 40.7 Å². The Bertz CT molecular complexity index is 526. The normalized spacial score (nSPS) is 12.3. The van der Waals surface area contributed by atoms with E-state index in [4.69, 9.17) is 16.0 Å². The Morgan fingerprint density at radius 1 is 1.25 bits per heavy atom. The molecule has 0 saturated heterocycles. The Hall–Kier alpha value is -1.59. The predicted molar refractivity (Wildman–Crippen MR) is 79.8 cm³/mol. The summed E-state index contributed by atoms with van der Waals surface area (Å²) >= 11 is 5.84. The summed E-state index contributed by atoms with van der Waals surface area (Å²) in [5.74, 6) is 0.594. The summed E-state index contributed by atoms with van der Waals surface area (Å²) in [7, 11) is 0. The Kier molecular flexibility index (Phi) is 5.38. The van der Waals surface area contributed by atoms with Gasteiger partial charge in [-0.3, -0.25) is 0 Å². The van der Waals surface area contributed by atoms with E-state index >= 15 is 0 Å². The maximum atomic E-state index is 5.84. The van der Waals surface area contributed by atoms with E-state index in [1.54, 1.807) is 0 Å². The van der Waals surface area contributed by atoms with Gasteiger partial charge in [-0.1, -0.05) is 35.8 Å². The van der Waals surface area contributed by atoms with E-state index in [0.717, 1.165) is 23.6 Å². The average molecular weight is 295 g/mol. The third-order valence-electron chi connectivity index (χ3n) is 2.87. The number of benzene rings is 1. The molecule has 1 aromatic carbocycles. The van der Waals surface area contributed by atoms with E-state index in [1.165, 1.54) is 0 Å². The third-order valence-corrected chi connectivity index (χ3v) is 3.12. The molecule has 2 rings (SSSR count). The molecule has 108 valence electrons. The molecular formula is C14H19ClN4O. The van der Waals surface area contributed by atoms with E-state index in [9.17, 15) is 0 Å². The molecular weight excluding hydrogens is 276 g/mol. The van der Waals surface area contributed by atoms with Crippen LogP contribution >= 0.6 is 11.6 Å². The maximum Gasteiger partial charge on any atom is 0.315 e. The standard InChI is InChI=1S/C14H19ClN4O/c1-3-8-16-10(2)13-18-19-14(20-13)17-9-11-4-6-12(15)7-5-11/h4-7,10,16H,3,8-9H2,1-2H3,(H,17,19). The number of aromatic nitrogens is 2. The zero-order valence-corrected chi connectivity index (χ0v) is 12.4. The van der Waals surface area contributed by atoms with Crippen molar-refractivity contribution in [2.24, 2.45) is 0 Å². The van der Waals surface area contributed by atoms with Crippen LogP contribution in [-0.2, 0) is 6.54 Å². The lowest BCUT2D eigenvalue weighted by molar-refractivity contribution is 0.423. The molecule has 0 bridgehead atoms. The van der Waals surface area contributed by atoms with Gasteiger partial charge < -0.3 is 15.1 Å². The van der Waals surface area contributed by atoms with Gasteiger partial charge in [0.25, 0.3) is 0 Å². The Balaban J connectivity index is 1.87. The number of halogens is 1. The van der Waals surface area contributed by atoms with Gasteiger partial charge in [0.05, 0.1) is 6.04 Å². The van der Waals surface area contributed by atoms with Gasteiger partial charge in [-0.15, -0.1) is 5.10 Å². The molecule has 2 N–H and O–H groups in total. The Morgan fingerprint density at radius 3 is 2.70 bits per heavy atom. The zero-order chi connectivity index (χ0) is 14.4. The second-order valence-electron chi connectivity index (χ2n) is 4.60. The quantitative estimate of drug-likeness (QED) is 0.819. The number of hydrogen-bond donors (Lipinski definition) is 2. The minimum Gasteiger partial charge on any atom is -0.406 e. The average Bonchev–Trinajstić information content (AvgIpc) is 2.93. The zero-order valence-electron chi connectivity index (χ0n) is 11.7. The summed E-state index contributed by atoms with van der Waals surface area (Å²) in [6.45, 7) is 5.67. The van der Waals surface area contributed by atoms with Gasteiger partial charge >= 0.3 is 6.01 Å². The number of nitrogens with zero attached hydrogens (tertiary/aromatic N) is 2. The highest BCUT2D eigenvalue weighted by atomic mass is 35.5. The first-order valence-electron chi connectivity index (χ1n) is 6.74. The minimum absolute atomic E-state index is 0.0635. The van der Waals surface area contributed by atoms with E-state index in [1.807, 2.05) is 31.2 Å². The maximum absolute atomic E-state index is 5.84. The molecule has 0 aliphatic heterocycles. The molecule has 0 amide bonds. The van der Waals surface area contributed by atoms with Crippen molar-refractivity contribution in [2.45, 2.75) is 32.9 Å². The molecule has 5 nitrogen and oxygen atoms in total. The van der Waals surface area contributed by atoms with Gasteiger partial charge in [-0.2, -0.15) is 0 Å². The van der Waals surface area contributed by atoms with Crippen molar-refractivity contribution in [1.82, 2.24) is 15.5 Å². The van der Waals surface area contributed by atoms with E-state index < -0.39 is 0 Å². The highest BCUT2D eigenvalue weighted by Crippen LogP contribution is 2.15. The van der Waals surface area contributed by atoms with Crippen LogP contribution in [0.15, 0.2) is 28.7 Å². The fraction of sp³-hybridized carbons (Fsp3) is 0.429. The summed E-state index contributed by atoms with van der Waals surface area (Å²) in [6.07, 6.45) is 1.07. The van der Waals surface area contributed by atoms with Crippen LogP contribution in [-0.4, -0.2) is 16.7 Å². The van der Waals surface area contributed by atoms with Crippen molar-refractivity contribution in [2.75, 3.05) is 11.9 Å². The van der Waals surface area contributed by atoms with Crippen LogP contribution in [0.3, 0.4) is 0 Å². The van der Waals surface area contributed by atoms with Crippen LogP contribution in [0.1, 0.15) is 37.8 Å². The number of hydrogen-bond acceptors (Lipinski definition) is 5. The van der Waals surface area contributed by atoms with Crippen LogP contribution in [0.25, 0.3) is 0 Å². The molecule has 0 radical (unpaired) electrons. The fourth-order valence-corrected chi connectivity index (χ4v) is 1.84. The van der Waals surface area contributed by atoms with Gasteiger partial charge in [-0.05, 0) is 37.6 Å². The molecule has 1 atom stereocenters. The van der Waals surface area contributed by atoms with Crippen molar-refractivity contribution in [3.8, 4) is 0 Å². The van der Waals surface area contributed by atoms with Gasteiger partial charge in [-0.25, -0.2) is 0 Å². The first kappa shape index (κ1) is 14.8. The monoisotopic (exact) mass is 294 g/mol. The highest BCUT2D eigenvalue weighted by Gasteiger charge is 2.12. The number of rotatable bonds is 7. The molecule has 20 heavy (non-hydrogen) atoms. The summed E-state index contributed by atoms with van der Waals surface area (Å²) in [4.78, 5) is 0. The number of anilines is 1. The molecule has 2 aromatic rings. The molecule has 1 heterocycles. The Morgan fingerprint density at radius 2 is 2.00 bits per heavy atom.